The Kier molecular flexibility index (Phi) is 2.78. The van der Waals surface area contributed by atoms with Crippen LogP contribution in [0.15, 0.2) is 28.4 Å². The summed E-state index contributed by atoms with van der Waals surface area (Å²) in [6.07, 6.45) is 2.46. The minimum atomic E-state index is -0.0870. The van der Waals surface area contributed by atoms with E-state index in [4.69, 9.17) is 0 Å². The maximum absolute atomic E-state index is 11.5. The Labute approximate surface area is 103 Å². The van der Waals surface area contributed by atoms with E-state index < -0.39 is 0 Å². The molecule has 4 nitrogen and oxygen atoms in total. The standard InChI is InChI=1S/C12H13N3OS/c16-12-6-9(10-2-1-5-17-10)14-11(15-12)7-13-8-3-4-8/h1-2,5-6,8,13H,3-4,7H2,(H,14,15,16). The fourth-order valence-electron chi connectivity index (χ4n) is 1.67. The summed E-state index contributed by atoms with van der Waals surface area (Å²) in [6.45, 7) is 0.638. The number of rotatable bonds is 4. The van der Waals surface area contributed by atoms with Gasteiger partial charge in [-0.2, -0.15) is 0 Å². The minimum Gasteiger partial charge on any atom is -0.309 e. The molecule has 1 aliphatic rings. The first-order valence-corrected chi connectivity index (χ1v) is 6.57. The van der Waals surface area contributed by atoms with Crippen molar-refractivity contribution in [3.63, 3.8) is 0 Å². The molecule has 1 saturated carbocycles. The third-order valence-electron chi connectivity index (χ3n) is 2.70. The van der Waals surface area contributed by atoms with Gasteiger partial charge in [0.15, 0.2) is 0 Å². The van der Waals surface area contributed by atoms with E-state index in [1.165, 1.54) is 12.8 Å². The van der Waals surface area contributed by atoms with E-state index in [9.17, 15) is 4.79 Å². The maximum Gasteiger partial charge on any atom is 0.251 e. The van der Waals surface area contributed by atoms with Crippen molar-refractivity contribution in [2.24, 2.45) is 0 Å². The molecule has 2 aromatic heterocycles. The molecular formula is C12H13N3OS. The molecule has 88 valence electrons. The number of aromatic nitrogens is 2. The van der Waals surface area contributed by atoms with Crippen LogP contribution in [0.5, 0.6) is 0 Å². The van der Waals surface area contributed by atoms with Gasteiger partial charge in [0.2, 0.25) is 0 Å². The molecule has 2 aromatic rings. The Morgan fingerprint density at radius 3 is 3.12 bits per heavy atom. The van der Waals surface area contributed by atoms with Crippen molar-refractivity contribution in [2.75, 3.05) is 0 Å². The van der Waals surface area contributed by atoms with Crippen molar-refractivity contribution in [1.82, 2.24) is 15.3 Å². The SMILES string of the molecule is O=c1cc(-c2cccs2)nc(CNC2CC2)[nH]1. The molecule has 0 bridgehead atoms. The number of hydrogen-bond donors (Lipinski definition) is 2. The van der Waals surface area contributed by atoms with Crippen LogP contribution in [-0.4, -0.2) is 16.0 Å². The van der Waals surface area contributed by atoms with Crippen LogP contribution >= 0.6 is 11.3 Å². The van der Waals surface area contributed by atoms with E-state index in [0.29, 0.717) is 18.4 Å². The predicted molar refractivity (Wildman–Crippen MR) is 68.0 cm³/mol. The molecule has 0 amide bonds. The fourth-order valence-corrected chi connectivity index (χ4v) is 2.36. The number of H-pyrrole nitrogens is 1. The second-order valence-electron chi connectivity index (χ2n) is 4.21. The Bertz CT molecular complexity index is 557. The van der Waals surface area contributed by atoms with Gasteiger partial charge in [0, 0.05) is 12.1 Å². The topological polar surface area (TPSA) is 57.8 Å². The summed E-state index contributed by atoms with van der Waals surface area (Å²) >= 11 is 1.59. The zero-order valence-corrected chi connectivity index (χ0v) is 10.1. The molecule has 0 spiro atoms. The average molecular weight is 247 g/mol. The molecule has 2 N–H and O–H groups in total. The summed E-state index contributed by atoms with van der Waals surface area (Å²) in [4.78, 5) is 19.8. The van der Waals surface area contributed by atoms with Crippen molar-refractivity contribution in [3.8, 4) is 10.6 Å². The summed E-state index contributed by atoms with van der Waals surface area (Å²) in [6, 6.07) is 6.10. The fraction of sp³-hybridized carbons (Fsp3) is 0.333. The average Bonchev–Trinajstić information content (AvgIpc) is 2.98. The van der Waals surface area contributed by atoms with Crippen LogP contribution in [0.2, 0.25) is 0 Å². The molecule has 0 aliphatic heterocycles. The number of aromatic amines is 1. The van der Waals surface area contributed by atoms with Gasteiger partial charge in [0.1, 0.15) is 5.82 Å². The molecule has 0 unspecified atom stereocenters. The largest absolute Gasteiger partial charge is 0.309 e. The van der Waals surface area contributed by atoms with Gasteiger partial charge in [-0.1, -0.05) is 6.07 Å². The normalized spacial score (nSPS) is 15.1. The van der Waals surface area contributed by atoms with Gasteiger partial charge in [-0.25, -0.2) is 4.98 Å². The van der Waals surface area contributed by atoms with Crippen molar-refractivity contribution in [2.45, 2.75) is 25.4 Å². The molecule has 0 atom stereocenters. The zero-order valence-electron chi connectivity index (χ0n) is 9.27. The quantitative estimate of drug-likeness (QED) is 0.865. The van der Waals surface area contributed by atoms with Gasteiger partial charge in [0.25, 0.3) is 5.56 Å². The second kappa shape index (κ2) is 4.43. The summed E-state index contributed by atoms with van der Waals surface area (Å²) in [5.74, 6) is 0.716. The number of nitrogens with one attached hydrogen (secondary N) is 2. The first kappa shape index (κ1) is 10.7. The van der Waals surface area contributed by atoms with Crippen LogP contribution in [-0.2, 0) is 6.54 Å². The van der Waals surface area contributed by atoms with Crippen molar-refractivity contribution < 1.29 is 0 Å². The third kappa shape index (κ3) is 2.62. The van der Waals surface area contributed by atoms with E-state index in [0.717, 1.165) is 10.6 Å². The molecule has 1 fully saturated rings. The lowest BCUT2D eigenvalue weighted by molar-refractivity contribution is 0.656. The third-order valence-corrected chi connectivity index (χ3v) is 3.59. The van der Waals surface area contributed by atoms with E-state index in [-0.39, 0.29) is 5.56 Å². The lowest BCUT2D eigenvalue weighted by Crippen LogP contribution is -2.20. The van der Waals surface area contributed by atoms with Crippen LogP contribution < -0.4 is 10.9 Å². The highest BCUT2D eigenvalue weighted by molar-refractivity contribution is 7.13. The van der Waals surface area contributed by atoms with Crippen LogP contribution in [0.4, 0.5) is 0 Å². The molecule has 5 heteroatoms. The van der Waals surface area contributed by atoms with Crippen LogP contribution in [0, 0.1) is 0 Å². The predicted octanol–water partition coefficient (Wildman–Crippen LogP) is 1.75. The molecule has 0 radical (unpaired) electrons. The maximum atomic E-state index is 11.5. The molecule has 3 rings (SSSR count). The van der Waals surface area contributed by atoms with E-state index in [1.54, 1.807) is 17.4 Å². The van der Waals surface area contributed by atoms with Crippen molar-refractivity contribution >= 4 is 11.3 Å². The summed E-state index contributed by atoms with van der Waals surface area (Å²) < 4.78 is 0. The zero-order chi connectivity index (χ0) is 11.7. The monoisotopic (exact) mass is 247 g/mol. The Hall–Kier alpha value is -1.46. The Morgan fingerprint density at radius 1 is 1.53 bits per heavy atom. The lowest BCUT2D eigenvalue weighted by atomic mass is 10.3. The highest BCUT2D eigenvalue weighted by atomic mass is 32.1. The Morgan fingerprint density at radius 2 is 2.41 bits per heavy atom. The van der Waals surface area contributed by atoms with Gasteiger partial charge in [0.05, 0.1) is 17.1 Å². The first-order valence-electron chi connectivity index (χ1n) is 5.69. The second-order valence-corrected chi connectivity index (χ2v) is 5.16. The highest BCUT2D eigenvalue weighted by Gasteiger charge is 2.20. The van der Waals surface area contributed by atoms with E-state index >= 15 is 0 Å². The molecule has 0 saturated heterocycles. The van der Waals surface area contributed by atoms with E-state index in [2.05, 4.69) is 15.3 Å². The summed E-state index contributed by atoms with van der Waals surface area (Å²) in [5, 5.41) is 5.33. The van der Waals surface area contributed by atoms with Gasteiger partial charge >= 0.3 is 0 Å². The van der Waals surface area contributed by atoms with Crippen LogP contribution in [0.25, 0.3) is 10.6 Å². The van der Waals surface area contributed by atoms with Crippen molar-refractivity contribution in [3.05, 3.63) is 39.8 Å². The smallest absolute Gasteiger partial charge is 0.251 e. The summed E-state index contributed by atoms with van der Waals surface area (Å²) in [5.41, 5.74) is 0.673. The first-order chi connectivity index (χ1) is 8.31. The molecule has 1 aliphatic carbocycles. The Balaban J connectivity index is 1.86. The van der Waals surface area contributed by atoms with Gasteiger partial charge in [-0.15, -0.1) is 11.3 Å². The van der Waals surface area contributed by atoms with Crippen LogP contribution in [0.3, 0.4) is 0 Å². The molecule has 0 aromatic carbocycles. The van der Waals surface area contributed by atoms with Gasteiger partial charge in [-0.05, 0) is 24.3 Å². The number of thiophene rings is 1. The summed E-state index contributed by atoms with van der Waals surface area (Å²) in [7, 11) is 0. The van der Waals surface area contributed by atoms with Gasteiger partial charge < -0.3 is 10.3 Å². The van der Waals surface area contributed by atoms with Gasteiger partial charge in [-0.3, -0.25) is 4.79 Å². The highest BCUT2D eigenvalue weighted by Crippen LogP contribution is 2.22. The number of nitrogens with zero attached hydrogens (tertiary/aromatic N) is 1. The number of hydrogen-bond acceptors (Lipinski definition) is 4. The molecule has 17 heavy (non-hydrogen) atoms. The van der Waals surface area contributed by atoms with Crippen LogP contribution in [0.1, 0.15) is 18.7 Å². The molecular weight excluding hydrogens is 234 g/mol. The molecule has 2 heterocycles. The minimum absolute atomic E-state index is 0.0870. The van der Waals surface area contributed by atoms with Crippen molar-refractivity contribution in [1.29, 1.82) is 0 Å². The lowest BCUT2D eigenvalue weighted by Gasteiger charge is -2.03. The van der Waals surface area contributed by atoms with E-state index in [1.807, 2.05) is 17.5 Å².